The van der Waals surface area contributed by atoms with Crippen LogP contribution in [0, 0.1) is 0 Å². The summed E-state index contributed by atoms with van der Waals surface area (Å²) < 4.78 is 5.39. The summed E-state index contributed by atoms with van der Waals surface area (Å²) in [6.45, 7) is 6.18. The molecule has 0 heterocycles. The number of ether oxygens (including phenoxy) is 1. The molecule has 5 nitrogen and oxygen atoms in total. The number of thioether (sulfide) groups is 1. The van der Waals surface area contributed by atoms with E-state index in [1.165, 1.54) is 0 Å². The lowest BCUT2D eigenvalue weighted by Crippen LogP contribution is -2.54. The Labute approximate surface area is 219 Å². The molecule has 0 aliphatic heterocycles. The Morgan fingerprint density at radius 1 is 0.917 bits per heavy atom. The molecule has 0 radical (unpaired) electrons. The summed E-state index contributed by atoms with van der Waals surface area (Å²) in [5.74, 6) is 1.15. The quantitative estimate of drug-likeness (QED) is 0.339. The first kappa shape index (κ1) is 27.3. The Morgan fingerprint density at radius 2 is 1.56 bits per heavy atom. The van der Waals surface area contributed by atoms with Gasteiger partial charge in [-0.15, -0.1) is 11.8 Å². The van der Waals surface area contributed by atoms with Crippen LogP contribution in [0.1, 0.15) is 38.3 Å². The highest BCUT2D eigenvalue weighted by Crippen LogP contribution is 2.22. The summed E-state index contributed by atoms with van der Waals surface area (Å²) >= 11 is 1.64. The Balaban J connectivity index is 1.89. The number of hydrogen-bond donors (Lipinski definition) is 1. The molecular weight excluding hydrogens is 468 g/mol. The molecule has 1 unspecified atom stereocenters. The highest BCUT2D eigenvalue weighted by atomic mass is 32.2. The molecule has 1 atom stereocenters. The van der Waals surface area contributed by atoms with E-state index in [2.05, 4.69) is 5.32 Å². The average Bonchev–Trinajstić information content (AvgIpc) is 2.86. The van der Waals surface area contributed by atoms with Gasteiger partial charge in [0, 0.05) is 35.6 Å². The molecule has 3 rings (SSSR count). The van der Waals surface area contributed by atoms with Crippen molar-refractivity contribution in [1.82, 2.24) is 10.2 Å². The lowest BCUT2D eigenvalue weighted by atomic mass is 10.0. The second-order valence-corrected chi connectivity index (χ2v) is 10.9. The molecule has 0 saturated carbocycles. The zero-order chi connectivity index (χ0) is 26.0. The summed E-state index contributed by atoms with van der Waals surface area (Å²) in [6, 6.07) is 26.9. The first-order valence-corrected chi connectivity index (χ1v) is 13.2. The molecule has 0 aliphatic rings. The van der Waals surface area contributed by atoms with Gasteiger partial charge in [0.1, 0.15) is 11.8 Å². The van der Waals surface area contributed by atoms with E-state index in [1.807, 2.05) is 106 Å². The standard InChI is InChI=1S/C30H36N2O3S/c1-30(2,3)31-29(34)27(21-23-12-7-5-8-13-23)32(22-24-14-11-15-25(20-24)35-4)28(33)18-19-36-26-16-9-6-10-17-26/h5-17,20,27H,18-19,21-22H2,1-4H3,(H,31,34). The first-order chi connectivity index (χ1) is 17.2. The Hall–Kier alpha value is -3.25. The van der Waals surface area contributed by atoms with Crippen molar-refractivity contribution in [3.05, 3.63) is 96.1 Å². The molecule has 0 saturated heterocycles. The number of rotatable bonds is 11. The van der Waals surface area contributed by atoms with Crippen molar-refractivity contribution in [2.75, 3.05) is 12.9 Å². The average molecular weight is 505 g/mol. The Kier molecular flexibility index (Phi) is 10.00. The van der Waals surface area contributed by atoms with E-state index in [0.717, 1.165) is 21.8 Å². The minimum absolute atomic E-state index is 0.0498. The molecule has 0 aliphatic carbocycles. The summed E-state index contributed by atoms with van der Waals surface area (Å²) in [5.41, 5.74) is 1.51. The largest absolute Gasteiger partial charge is 0.497 e. The van der Waals surface area contributed by atoms with Gasteiger partial charge >= 0.3 is 0 Å². The van der Waals surface area contributed by atoms with Gasteiger partial charge in [0.2, 0.25) is 11.8 Å². The van der Waals surface area contributed by atoms with E-state index in [1.54, 1.807) is 23.8 Å². The highest BCUT2D eigenvalue weighted by molar-refractivity contribution is 7.99. The summed E-state index contributed by atoms with van der Waals surface area (Å²) in [5, 5.41) is 3.10. The summed E-state index contributed by atoms with van der Waals surface area (Å²) in [6.07, 6.45) is 0.766. The molecule has 36 heavy (non-hydrogen) atoms. The lowest BCUT2D eigenvalue weighted by Gasteiger charge is -2.34. The second kappa shape index (κ2) is 13.2. The fraction of sp³-hybridized carbons (Fsp3) is 0.333. The fourth-order valence-electron chi connectivity index (χ4n) is 3.89. The van der Waals surface area contributed by atoms with Gasteiger partial charge < -0.3 is 15.0 Å². The topological polar surface area (TPSA) is 58.6 Å². The van der Waals surface area contributed by atoms with Crippen molar-refractivity contribution in [2.45, 2.75) is 56.6 Å². The number of benzene rings is 3. The zero-order valence-electron chi connectivity index (χ0n) is 21.6. The van der Waals surface area contributed by atoms with Crippen LogP contribution in [-0.4, -0.2) is 41.2 Å². The van der Waals surface area contributed by atoms with Gasteiger partial charge in [-0.3, -0.25) is 9.59 Å². The van der Waals surface area contributed by atoms with Gasteiger partial charge in [0.15, 0.2) is 0 Å². The van der Waals surface area contributed by atoms with Gasteiger partial charge in [0.25, 0.3) is 0 Å². The molecule has 0 spiro atoms. The van der Waals surface area contributed by atoms with E-state index in [-0.39, 0.29) is 11.8 Å². The van der Waals surface area contributed by atoms with Crippen LogP contribution in [0.25, 0.3) is 0 Å². The zero-order valence-corrected chi connectivity index (χ0v) is 22.4. The Bertz CT molecular complexity index is 1110. The monoisotopic (exact) mass is 504 g/mol. The van der Waals surface area contributed by atoms with Crippen molar-refractivity contribution in [1.29, 1.82) is 0 Å². The molecule has 3 aromatic carbocycles. The van der Waals surface area contributed by atoms with Crippen LogP contribution < -0.4 is 10.1 Å². The third kappa shape index (κ3) is 8.76. The van der Waals surface area contributed by atoms with Gasteiger partial charge in [-0.25, -0.2) is 0 Å². The summed E-state index contributed by atoms with van der Waals surface area (Å²) in [7, 11) is 1.62. The van der Waals surface area contributed by atoms with Gasteiger partial charge in [0.05, 0.1) is 7.11 Å². The van der Waals surface area contributed by atoms with Crippen LogP contribution in [0.4, 0.5) is 0 Å². The van der Waals surface area contributed by atoms with Gasteiger partial charge in [-0.2, -0.15) is 0 Å². The van der Waals surface area contributed by atoms with Crippen LogP contribution in [0.3, 0.4) is 0 Å². The van der Waals surface area contributed by atoms with Gasteiger partial charge in [-0.05, 0) is 56.2 Å². The molecule has 6 heteroatoms. The third-order valence-corrected chi connectivity index (χ3v) is 6.60. The minimum atomic E-state index is -0.646. The van der Waals surface area contributed by atoms with Gasteiger partial charge in [-0.1, -0.05) is 60.7 Å². The first-order valence-electron chi connectivity index (χ1n) is 12.2. The number of nitrogens with one attached hydrogen (secondary N) is 1. The van der Waals surface area contributed by atoms with Crippen molar-refractivity contribution < 1.29 is 14.3 Å². The number of nitrogens with zero attached hydrogens (tertiary/aromatic N) is 1. The van der Waals surface area contributed by atoms with E-state index in [0.29, 0.717) is 25.1 Å². The third-order valence-electron chi connectivity index (χ3n) is 5.58. The van der Waals surface area contributed by atoms with E-state index >= 15 is 0 Å². The normalized spacial score (nSPS) is 12.0. The van der Waals surface area contributed by atoms with Crippen LogP contribution >= 0.6 is 11.8 Å². The molecule has 190 valence electrons. The predicted molar refractivity (Wildman–Crippen MR) is 147 cm³/mol. The molecule has 0 fully saturated rings. The SMILES string of the molecule is COc1cccc(CN(C(=O)CCSc2ccccc2)C(Cc2ccccc2)C(=O)NC(C)(C)C)c1. The van der Waals surface area contributed by atoms with Crippen molar-refractivity contribution >= 4 is 23.6 Å². The molecule has 0 aromatic heterocycles. The second-order valence-electron chi connectivity index (χ2n) is 9.73. The maximum absolute atomic E-state index is 13.7. The maximum atomic E-state index is 13.7. The number of amides is 2. The van der Waals surface area contributed by atoms with Crippen LogP contribution in [0.2, 0.25) is 0 Å². The minimum Gasteiger partial charge on any atom is -0.497 e. The van der Waals surface area contributed by atoms with E-state index < -0.39 is 11.6 Å². The molecule has 3 aromatic rings. The number of carbonyl (C=O) groups excluding carboxylic acids is 2. The fourth-order valence-corrected chi connectivity index (χ4v) is 4.75. The molecule has 0 bridgehead atoms. The molecule has 1 N–H and O–H groups in total. The summed E-state index contributed by atoms with van der Waals surface area (Å²) in [4.78, 5) is 30.1. The molecule has 2 amide bonds. The van der Waals surface area contributed by atoms with Crippen LogP contribution in [0.15, 0.2) is 89.8 Å². The van der Waals surface area contributed by atoms with Crippen molar-refractivity contribution in [3.63, 3.8) is 0 Å². The van der Waals surface area contributed by atoms with E-state index in [9.17, 15) is 9.59 Å². The maximum Gasteiger partial charge on any atom is 0.243 e. The van der Waals surface area contributed by atoms with Crippen LogP contribution in [-0.2, 0) is 22.6 Å². The number of carbonyl (C=O) groups is 2. The van der Waals surface area contributed by atoms with Crippen molar-refractivity contribution in [2.24, 2.45) is 0 Å². The predicted octanol–water partition coefficient (Wildman–Crippen LogP) is 5.73. The van der Waals surface area contributed by atoms with Crippen molar-refractivity contribution in [3.8, 4) is 5.75 Å². The highest BCUT2D eigenvalue weighted by Gasteiger charge is 2.32. The number of hydrogen-bond acceptors (Lipinski definition) is 4. The number of methoxy groups -OCH3 is 1. The smallest absolute Gasteiger partial charge is 0.243 e. The Morgan fingerprint density at radius 3 is 2.19 bits per heavy atom. The van der Waals surface area contributed by atoms with E-state index in [4.69, 9.17) is 4.74 Å². The lowest BCUT2D eigenvalue weighted by molar-refractivity contribution is -0.141. The van der Waals surface area contributed by atoms with Crippen LogP contribution in [0.5, 0.6) is 5.75 Å². The molecular formula is C30H36N2O3S.